The average molecular weight is 515 g/mol. The molecule has 1 heterocycles. The highest BCUT2D eigenvalue weighted by atomic mass is 19.1. The molecule has 0 bridgehead atoms. The summed E-state index contributed by atoms with van der Waals surface area (Å²) in [7, 11) is 1.64. The Morgan fingerprint density at radius 1 is 0.974 bits per heavy atom. The van der Waals surface area contributed by atoms with E-state index in [0.717, 1.165) is 39.0 Å². The van der Waals surface area contributed by atoms with Gasteiger partial charge in [0.05, 0.1) is 19.8 Å². The minimum atomic E-state index is -1.21. The van der Waals surface area contributed by atoms with Crippen LogP contribution in [-0.4, -0.2) is 37.3 Å². The zero-order valence-corrected chi connectivity index (χ0v) is 21.1. The van der Waals surface area contributed by atoms with E-state index >= 15 is 0 Å². The lowest BCUT2D eigenvalue weighted by Crippen LogP contribution is -2.51. The summed E-state index contributed by atoms with van der Waals surface area (Å²) in [5.41, 5.74) is 2.86. The number of halogens is 1. The summed E-state index contributed by atoms with van der Waals surface area (Å²) >= 11 is 0. The number of carbonyl (C=O) groups excluding carboxylic acids is 1. The van der Waals surface area contributed by atoms with E-state index in [0.29, 0.717) is 19.6 Å². The van der Waals surface area contributed by atoms with E-state index in [9.17, 15) is 14.3 Å². The molecule has 0 aliphatic carbocycles. The van der Waals surface area contributed by atoms with Crippen LogP contribution in [0.4, 0.5) is 9.18 Å². The highest BCUT2D eigenvalue weighted by molar-refractivity contribution is 5.89. The van der Waals surface area contributed by atoms with Crippen molar-refractivity contribution in [2.24, 2.45) is 0 Å². The molecule has 1 aliphatic rings. The number of carbonyl (C=O) groups is 1. The van der Waals surface area contributed by atoms with Gasteiger partial charge in [-0.15, -0.1) is 0 Å². The molecule has 4 aromatic carbocycles. The number of carboxylic acid groups (broad SMARTS) is 1. The molecule has 1 saturated heterocycles. The zero-order chi connectivity index (χ0) is 26.5. The minimum Gasteiger partial charge on any atom is -0.530 e. The molecule has 1 amide bonds. The highest BCUT2D eigenvalue weighted by Gasteiger charge is 2.31. The van der Waals surface area contributed by atoms with E-state index in [2.05, 4.69) is 6.07 Å². The van der Waals surface area contributed by atoms with E-state index in [-0.39, 0.29) is 24.9 Å². The lowest BCUT2D eigenvalue weighted by molar-refractivity contribution is -0.268. The summed E-state index contributed by atoms with van der Waals surface area (Å²) in [6, 6.07) is 26.1. The van der Waals surface area contributed by atoms with Gasteiger partial charge >= 0.3 is 0 Å². The maximum absolute atomic E-state index is 13.5. The first kappa shape index (κ1) is 25.5. The van der Waals surface area contributed by atoms with Crippen LogP contribution in [-0.2, 0) is 18.0 Å². The van der Waals surface area contributed by atoms with Crippen LogP contribution in [0, 0.1) is 5.82 Å². The third-order valence-corrected chi connectivity index (χ3v) is 7.02. The molecular weight excluding hydrogens is 485 g/mol. The molecule has 6 nitrogen and oxygen atoms in total. The maximum Gasteiger partial charge on any atom is 0.137 e. The predicted molar refractivity (Wildman–Crippen MR) is 141 cm³/mol. The molecule has 2 atom stereocenters. The van der Waals surface area contributed by atoms with Gasteiger partial charge in [-0.05, 0) is 64.9 Å². The molecule has 7 heteroatoms. The number of ether oxygens (including phenoxy) is 3. The SMILES string of the molecule is COc1ccc(COc2cc(COC3CN(C(=O)[O-])CCC3c3ccc(F)cc3)cc3ccccc23)cc1. The number of benzene rings is 4. The van der Waals surface area contributed by atoms with E-state index in [1.54, 1.807) is 19.2 Å². The normalized spacial score (nSPS) is 17.4. The molecule has 1 fully saturated rings. The first-order chi connectivity index (χ1) is 18.5. The van der Waals surface area contributed by atoms with Crippen molar-refractivity contribution in [3.05, 3.63) is 107 Å². The standard InChI is InChI=1S/C31H30FNO5/c1-36-26-12-6-21(7-13-26)19-37-29-17-22(16-24-4-2-3-5-27(24)29)20-38-30-18-33(31(34)35)15-14-28(30)23-8-10-25(32)11-9-23/h2-13,16-17,28,30H,14-15,18-20H2,1H3,(H,34,35)/p-1. The van der Waals surface area contributed by atoms with Crippen molar-refractivity contribution < 1.29 is 28.5 Å². The van der Waals surface area contributed by atoms with Crippen LogP contribution in [0.1, 0.15) is 29.0 Å². The van der Waals surface area contributed by atoms with E-state index in [1.165, 1.54) is 17.0 Å². The molecule has 5 rings (SSSR count). The molecular formula is C31H29FNO5-. The smallest absolute Gasteiger partial charge is 0.137 e. The average Bonchev–Trinajstić information content (AvgIpc) is 2.95. The van der Waals surface area contributed by atoms with Crippen LogP contribution < -0.4 is 14.6 Å². The monoisotopic (exact) mass is 514 g/mol. The Labute approximate surface area is 221 Å². The van der Waals surface area contributed by atoms with Gasteiger partial charge in [0, 0.05) is 24.4 Å². The van der Waals surface area contributed by atoms with Crippen molar-refractivity contribution in [1.29, 1.82) is 0 Å². The van der Waals surface area contributed by atoms with Crippen LogP contribution in [0.5, 0.6) is 11.5 Å². The van der Waals surface area contributed by atoms with E-state index in [4.69, 9.17) is 14.2 Å². The Morgan fingerprint density at radius 2 is 1.74 bits per heavy atom. The molecule has 0 spiro atoms. The third kappa shape index (κ3) is 5.89. The Balaban J connectivity index is 1.35. The predicted octanol–water partition coefficient (Wildman–Crippen LogP) is 5.28. The molecule has 1 aliphatic heterocycles. The van der Waals surface area contributed by atoms with Crippen LogP contribution in [0.2, 0.25) is 0 Å². The Bertz CT molecular complexity index is 1390. The second kappa shape index (κ2) is 11.5. The molecule has 0 radical (unpaired) electrons. The number of amides is 1. The lowest BCUT2D eigenvalue weighted by Gasteiger charge is -2.40. The largest absolute Gasteiger partial charge is 0.530 e. The number of likely N-dealkylation sites (tertiary alicyclic amines) is 1. The maximum atomic E-state index is 13.5. The van der Waals surface area contributed by atoms with Gasteiger partial charge in [-0.25, -0.2) is 4.39 Å². The van der Waals surface area contributed by atoms with Gasteiger partial charge in [0.15, 0.2) is 0 Å². The van der Waals surface area contributed by atoms with Gasteiger partial charge in [0.2, 0.25) is 0 Å². The van der Waals surface area contributed by atoms with Crippen molar-refractivity contribution in [3.8, 4) is 11.5 Å². The topological polar surface area (TPSA) is 71.1 Å². The zero-order valence-electron chi connectivity index (χ0n) is 21.1. The van der Waals surface area contributed by atoms with Gasteiger partial charge < -0.3 is 29.0 Å². The first-order valence-corrected chi connectivity index (χ1v) is 12.6. The summed E-state index contributed by atoms with van der Waals surface area (Å²) in [4.78, 5) is 12.8. The van der Waals surface area contributed by atoms with Crippen LogP contribution in [0.25, 0.3) is 10.8 Å². The van der Waals surface area contributed by atoms with Gasteiger partial charge in [-0.1, -0.05) is 48.5 Å². The number of nitrogens with zero attached hydrogens (tertiary/aromatic N) is 1. The fourth-order valence-corrected chi connectivity index (χ4v) is 4.97. The number of rotatable bonds is 8. The number of methoxy groups -OCH3 is 1. The minimum absolute atomic E-state index is 0.0579. The molecule has 0 saturated carbocycles. The number of piperidine rings is 1. The third-order valence-electron chi connectivity index (χ3n) is 7.02. The second-order valence-electron chi connectivity index (χ2n) is 9.46. The summed E-state index contributed by atoms with van der Waals surface area (Å²) < 4.78 is 31.3. The Kier molecular flexibility index (Phi) is 7.75. The highest BCUT2D eigenvalue weighted by Crippen LogP contribution is 2.33. The summed E-state index contributed by atoms with van der Waals surface area (Å²) in [5.74, 6) is 1.17. The van der Waals surface area contributed by atoms with E-state index in [1.807, 2.05) is 54.6 Å². The van der Waals surface area contributed by atoms with E-state index < -0.39 is 12.2 Å². The molecule has 196 valence electrons. The molecule has 4 aromatic rings. The van der Waals surface area contributed by atoms with Crippen LogP contribution in [0.3, 0.4) is 0 Å². The number of hydrogen-bond acceptors (Lipinski definition) is 5. The van der Waals surface area contributed by atoms with Gasteiger partial charge in [0.25, 0.3) is 0 Å². The fraction of sp³-hybridized carbons (Fsp3) is 0.258. The Hall–Kier alpha value is -4.10. The number of fused-ring (bicyclic) bond motifs is 1. The summed E-state index contributed by atoms with van der Waals surface area (Å²) in [6.45, 7) is 1.21. The van der Waals surface area contributed by atoms with Crippen molar-refractivity contribution in [2.75, 3.05) is 20.2 Å². The van der Waals surface area contributed by atoms with Crippen LogP contribution >= 0.6 is 0 Å². The molecule has 0 aromatic heterocycles. The van der Waals surface area contributed by atoms with Gasteiger partial charge in [-0.3, -0.25) is 0 Å². The van der Waals surface area contributed by atoms with Crippen molar-refractivity contribution in [1.82, 2.24) is 4.90 Å². The van der Waals surface area contributed by atoms with Crippen molar-refractivity contribution in [3.63, 3.8) is 0 Å². The summed E-state index contributed by atoms with van der Waals surface area (Å²) in [5, 5.41) is 13.6. The fourth-order valence-electron chi connectivity index (χ4n) is 4.97. The molecule has 38 heavy (non-hydrogen) atoms. The van der Waals surface area contributed by atoms with Gasteiger partial charge in [0.1, 0.15) is 30.0 Å². The summed E-state index contributed by atoms with van der Waals surface area (Å²) in [6.07, 6.45) is -1.04. The Morgan fingerprint density at radius 3 is 2.47 bits per heavy atom. The lowest BCUT2D eigenvalue weighted by atomic mass is 9.87. The second-order valence-corrected chi connectivity index (χ2v) is 9.46. The molecule has 2 unspecified atom stereocenters. The van der Waals surface area contributed by atoms with Crippen LogP contribution in [0.15, 0.2) is 84.9 Å². The first-order valence-electron chi connectivity index (χ1n) is 12.6. The molecule has 0 N–H and O–H groups in total. The van der Waals surface area contributed by atoms with Crippen molar-refractivity contribution in [2.45, 2.75) is 31.7 Å². The quantitative estimate of drug-likeness (QED) is 0.320. The number of hydrogen-bond donors (Lipinski definition) is 0. The van der Waals surface area contributed by atoms with Crippen molar-refractivity contribution >= 4 is 16.9 Å². The van der Waals surface area contributed by atoms with Gasteiger partial charge in [-0.2, -0.15) is 0 Å².